The van der Waals surface area contributed by atoms with E-state index in [2.05, 4.69) is 29.9 Å². The van der Waals surface area contributed by atoms with Crippen LogP contribution in [-0.4, -0.2) is 84.4 Å². The number of amides is 2. The molecular formula is C24H40N6O4Si. The van der Waals surface area contributed by atoms with Gasteiger partial charge in [-0.1, -0.05) is 19.6 Å². The molecule has 1 aliphatic rings. The number of fused-ring (bicyclic) bond motifs is 1. The summed E-state index contributed by atoms with van der Waals surface area (Å²) in [6.45, 7) is 17.1. The van der Waals surface area contributed by atoms with E-state index in [4.69, 9.17) is 14.5 Å². The number of nitrogens with one attached hydrogen (secondary N) is 1. The Labute approximate surface area is 209 Å². The van der Waals surface area contributed by atoms with Crippen molar-refractivity contribution in [1.29, 1.82) is 0 Å². The SMILES string of the molecule is CCNC(=O)c1cn(COCC[Si](C)(C)C)c2ncc(N3CC(N(C)C(=O)OC(C)(C)C)C3)nc12. The molecule has 0 spiro atoms. The lowest BCUT2D eigenvalue weighted by atomic mass is 10.1. The van der Waals surface area contributed by atoms with E-state index in [1.807, 2.05) is 37.2 Å². The number of carbonyl (C=O) groups is 2. The van der Waals surface area contributed by atoms with Crippen molar-refractivity contribution in [3.8, 4) is 0 Å². The third kappa shape index (κ3) is 6.94. The largest absolute Gasteiger partial charge is 0.444 e. The number of ether oxygens (including phenoxy) is 2. The molecule has 2 aromatic heterocycles. The van der Waals surface area contributed by atoms with Gasteiger partial charge in [0.15, 0.2) is 5.65 Å². The first kappa shape index (κ1) is 26.9. The summed E-state index contributed by atoms with van der Waals surface area (Å²) in [5.74, 6) is 0.491. The van der Waals surface area contributed by atoms with Crippen LogP contribution in [-0.2, 0) is 16.2 Å². The molecule has 1 fully saturated rings. The van der Waals surface area contributed by atoms with Crippen molar-refractivity contribution in [1.82, 2.24) is 24.8 Å². The molecule has 0 bridgehead atoms. The van der Waals surface area contributed by atoms with Gasteiger partial charge in [-0.3, -0.25) is 4.79 Å². The number of hydrogen-bond donors (Lipinski definition) is 1. The predicted octanol–water partition coefficient (Wildman–Crippen LogP) is 3.55. The Hall–Kier alpha value is -2.66. The van der Waals surface area contributed by atoms with E-state index in [0.717, 1.165) is 6.04 Å². The van der Waals surface area contributed by atoms with Crippen LogP contribution in [0, 0.1) is 0 Å². The second-order valence-corrected chi connectivity index (χ2v) is 16.9. The van der Waals surface area contributed by atoms with Crippen molar-refractivity contribution < 1.29 is 19.1 Å². The van der Waals surface area contributed by atoms with Crippen molar-refractivity contribution in [2.24, 2.45) is 0 Å². The average molecular weight is 505 g/mol. The fourth-order valence-corrected chi connectivity index (χ4v) is 4.38. The summed E-state index contributed by atoms with van der Waals surface area (Å²) in [7, 11) is 0.563. The van der Waals surface area contributed by atoms with Gasteiger partial charge >= 0.3 is 6.09 Å². The normalized spacial score (nSPS) is 14.7. The highest BCUT2D eigenvalue weighted by molar-refractivity contribution is 6.76. The number of carbonyl (C=O) groups excluding carboxylic acids is 2. The Balaban J connectivity index is 1.74. The van der Waals surface area contributed by atoms with Crippen molar-refractivity contribution in [2.45, 2.75) is 71.8 Å². The molecule has 2 amide bonds. The molecule has 0 aromatic carbocycles. The van der Waals surface area contributed by atoms with Gasteiger partial charge in [-0.25, -0.2) is 14.8 Å². The summed E-state index contributed by atoms with van der Waals surface area (Å²) in [5.41, 5.74) is 1.11. The van der Waals surface area contributed by atoms with Crippen LogP contribution in [0.15, 0.2) is 12.4 Å². The molecule has 0 atom stereocenters. The number of likely N-dealkylation sites (N-methyl/N-ethyl adjacent to an activating group) is 1. The average Bonchev–Trinajstić information content (AvgIpc) is 3.06. The Bertz CT molecular complexity index is 1050. The third-order valence-corrected chi connectivity index (χ3v) is 7.48. The summed E-state index contributed by atoms with van der Waals surface area (Å²) in [6, 6.07) is 1.09. The summed E-state index contributed by atoms with van der Waals surface area (Å²) in [6.07, 6.45) is 3.14. The molecule has 3 heterocycles. The minimum absolute atomic E-state index is 0.0228. The molecule has 0 unspecified atom stereocenters. The first-order chi connectivity index (χ1) is 16.3. The van der Waals surface area contributed by atoms with E-state index in [9.17, 15) is 9.59 Å². The fourth-order valence-electron chi connectivity index (χ4n) is 3.63. The quantitative estimate of drug-likeness (QED) is 0.412. The third-order valence-electron chi connectivity index (χ3n) is 5.78. The van der Waals surface area contributed by atoms with Crippen LogP contribution in [0.3, 0.4) is 0 Å². The molecule has 0 saturated carbocycles. The molecule has 0 radical (unpaired) electrons. The van der Waals surface area contributed by atoms with Crippen molar-refractivity contribution in [3.05, 3.63) is 18.0 Å². The second kappa shape index (κ2) is 10.5. The van der Waals surface area contributed by atoms with E-state index < -0.39 is 13.7 Å². The maximum Gasteiger partial charge on any atom is 0.410 e. The van der Waals surface area contributed by atoms with Gasteiger partial charge in [0.2, 0.25) is 0 Å². The molecule has 2 aromatic rings. The molecule has 1 saturated heterocycles. The Morgan fingerprint density at radius 1 is 1.26 bits per heavy atom. The minimum Gasteiger partial charge on any atom is -0.444 e. The van der Waals surface area contributed by atoms with Crippen LogP contribution >= 0.6 is 0 Å². The minimum atomic E-state index is -1.19. The number of nitrogens with zero attached hydrogens (tertiary/aromatic N) is 5. The van der Waals surface area contributed by atoms with E-state index >= 15 is 0 Å². The van der Waals surface area contributed by atoms with E-state index in [-0.39, 0.29) is 18.0 Å². The zero-order valence-electron chi connectivity index (χ0n) is 22.3. The Kier molecular flexibility index (Phi) is 8.10. The Morgan fingerprint density at radius 2 is 1.94 bits per heavy atom. The van der Waals surface area contributed by atoms with Gasteiger partial charge in [0.25, 0.3) is 5.91 Å². The first-order valence-corrected chi connectivity index (χ1v) is 15.9. The highest BCUT2D eigenvalue weighted by Gasteiger charge is 2.35. The number of rotatable bonds is 9. The van der Waals surface area contributed by atoms with Gasteiger partial charge < -0.3 is 29.2 Å². The van der Waals surface area contributed by atoms with Crippen molar-refractivity contribution in [3.63, 3.8) is 0 Å². The van der Waals surface area contributed by atoms with Crippen LogP contribution in [0.4, 0.5) is 10.6 Å². The van der Waals surface area contributed by atoms with Gasteiger partial charge in [0.05, 0.1) is 17.8 Å². The molecule has 11 heteroatoms. The summed E-state index contributed by atoms with van der Waals surface area (Å²) in [4.78, 5) is 38.2. The van der Waals surface area contributed by atoms with Gasteiger partial charge in [-0.2, -0.15) is 0 Å². The molecule has 1 aliphatic heterocycles. The fraction of sp³-hybridized carbons (Fsp3) is 0.667. The first-order valence-electron chi connectivity index (χ1n) is 12.2. The van der Waals surface area contributed by atoms with Crippen molar-refractivity contribution >= 4 is 37.1 Å². The monoisotopic (exact) mass is 504 g/mol. The van der Waals surface area contributed by atoms with Gasteiger partial charge in [0, 0.05) is 47.6 Å². The van der Waals surface area contributed by atoms with E-state index in [0.29, 0.717) is 55.5 Å². The zero-order valence-corrected chi connectivity index (χ0v) is 23.3. The number of anilines is 1. The van der Waals surface area contributed by atoms with Crippen LogP contribution < -0.4 is 10.2 Å². The summed E-state index contributed by atoms with van der Waals surface area (Å²) < 4.78 is 13.2. The van der Waals surface area contributed by atoms with Gasteiger partial charge in [0.1, 0.15) is 23.7 Å². The molecular weight excluding hydrogens is 464 g/mol. The summed E-state index contributed by atoms with van der Waals surface area (Å²) >= 11 is 0. The highest BCUT2D eigenvalue weighted by atomic mass is 28.3. The smallest absolute Gasteiger partial charge is 0.410 e. The van der Waals surface area contributed by atoms with E-state index in [1.165, 1.54) is 0 Å². The molecule has 35 heavy (non-hydrogen) atoms. The van der Waals surface area contributed by atoms with Crippen molar-refractivity contribution in [2.75, 3.05) is 38.2 Å². The van der Waals surface area contributed by atoms with Crippen LogP contribution in [0.2, 0.25) is 25.7 Å². The second-order valence-electron chi connectivity index (χ2n) is 11.3. The van der Waals surface area contributed by atoms with Crippen LogP contribution in [0.1, 0.15) is 38.1 Å². The maximum absolute atomic E-state index is 12.7. The standard InChI is InChI=1S/C24H40N6O4Si/c1-9-25-22(31)18-15-30(16-33-10-11-35(6,7)8)21-20(18)27-19(12-26-21)29-13-17(14-29)28(5)23(32)34-24(2,3)4/h12,15,17H,9-11,13-14,16H2,1-8H3,(H,25,31). The number of aromatic nitrogens is 3. The number of hydrogen-bond acceptors (Lipinski definition) is 7. The Morgan fingerprint density at radius 3 is 2.54 bits per heavy atom. The molecule has 3 rings (SSSR count). The predicted molar refractivity (Wildman–Crippen MR) is 140 cm³/mol. The van der Waals surface area contributed by atoms with Gasteiger partial charge in [-0.05, 0) is 33.7 Å². The van der Waals surface area contributed by atoms with E-state index in [1.54, 1.807) is 24.3 Å². The highest BCUT2D eigenvalue weighted by Crippen LogP contribution is 2.26. The summed E-state index contributed by atoms with van der Waals surface area (Å²) in [5, 5.41) is 2.86. The van der Waals surface area contributed by atoms with Gasteiger partial charge in [-0.15, -0.1) is 0 Å². The molecule has 10 nitrogen and oxygen atoms in total. The maximum atomic E-state index is 12.7. The lowest BCUT2D eigenvalue weighted by Crippen LogP contribution is -2.60. The topological polar surface area (TPSA) is 102 Å². The lowest BCUT2D eigenvalue weighted by molar-refractivity contribution is 0.0196. The molecule has 1 N–H and O–H groups in total. The zero-order chi connectivity index (χ0) is 26.0. The van der Waals surface area contributed by atoms with Crippen LogP contribution in [0.25, 0.3) is 11.2 Å². The molecule has 0 aliphatic carbocycles. The van der Waals surface area contributed by atoms with Crippen LogP contribution in [0.5, 0.6) is 0 Å². The lowest BCUT2D eigenvalue weighted by Gasteiger charge is -2.44. The molecule has 194 valence electrons.